The fourth-order valence-corrected chi connectivity index (χ4v) is 3.03. The van der Waals surface area contributed by atoms with E-state index in [4.69, 9.17) is 18.9 Å². The number of ketones is 1. The van der Waals surface area contributed by atoms with E-state index in [1.807, 2.05) is 0 Å². The molecule has 1 atom stereocenters. The van der Waals surface area contributed by atoms with E-state index in [1.165, 1.54) is 0 Å². The molecule has 3 rings (SSSR count). The van der Waals surface area contributed by atoms with Crippen molar-refractivity contribution in [1.29, 1.82) is 0 Å². The Bertz CT molecular complexity index is 915. The molecule has 8 heteroatoms. The lowest BCUT2D eigenvalue weighted by Gasteiger charge is -2.24. The van der Waals surface area contributed by atoms with Gasteiger partial charge in [0, 0.05) is 11.4 Å². The van der Waals surface area contributed by atoms with E-state index in [0.717, 1.165) is 0 Å². The van der Waals surface area contributed by atoms with Crippen LogP contribution in [0, 0.1) is 13.8 Å². The second kappa shape index (κ2) is 8.16. The molecule has 2 aromatic rings. The number of esters is 2. The Hall–Kier alpha value is -3.29. The van der Waals surface area contributed by atoms with Gasteiger partial charge in [0.25, 0.3) is 0 Å². The summed E-state index contributed by atoms with van der Waals surface area (Å²) in [5.41, 5.74) is 1.35. The minimum atomic E-state index is -0.971. The van der Waals surface area contributed by atoms with E-state index in [9.17, 15) is 14.4 Å². The molecule has 0 fully saturated rings. The molecule has 0 saturated heterocycles. The van der Waals surface area contributed by atoms with Crippen molar-refractivity contribution in [3.05, 3.63) is 46.8 Å². The van der Waals surface area contributed by atoms with Crippen molar-refractivity contribution < 1.29 is 33.3 Å². The number of carbonyl (C=O) groups is 3. The standard InChI is InChI=1S/C20H21NO7/c1-4-25-20(24)18-12(3)21-11(2)17(18)13(22)9-27-19(23)16-10-26-14-7-5-6-8-15(14)28-16/h5-8,16,21H,4,9-10H2,1-3H3/t16-/m1/s1. The Labute approximate surface area is 161 Å². The van der Waals surface area contributed by atoms with Crippen LogP contribution in [-0.4, -0.2) is 48.6 Å². The van der Waals surface area contributed by atoms with Crippen LogP contribution in [0.3, 0.4) is 0 Å². The monoisotopic (exact) mass is 387 g/mol. The quantitative estimate of drug-likeness (QED) is 0.599. The molecule has 0 saturated carbocycles. The molecule has 0 aliphatic carbocycles. The van der Waals surface area contributed by atoms with Crippen LogP contribution in [0.4, 0.5) is 0 Å². The maximum absolute atomic E-state index is 12.6. The number of ether oxygens (including phenoxy) is 4. The molecule has 1 aliphatic rings. The number of benzene rings is 1. The predicted molar refractivity (Wildman–Crippen MR) is 97.9 cm³/mol. The highest BCUT2D eigenvalue weighted by molar-refractivity contribution is 6.09. The average molecular weight is 387 g/mol. The zero-order chi connectivity index (χ0) is 20.3. The molecule has 1 N–H and O–H groups in total. The van der Waals surface area contributed by atoms with Gasteiger partial charge in [-0.3, -0.25) is 4.79 Å². The number of aromatic amines is 1. The van der Waals surface area contributed by atoms with Crippen molar-refractivity contribution in [2.24, 2.45) is 0 Å². The number of hydrogen-bond acceptors (Lipinski definition) is 7. The van der Waals surface area contributed by atoms with Crippen molar-refractivity contribution in [2.75, 3.05) is 19.8 Å². The van der Waals surface area contributed by atoms with E-state index in [2.05, 4.69) is 4.98 Å². The lowest BCUT2D eigenvalue weighted by atomic mass is 10.1. The summed E-state index contributed by atoms with van der Waals surface area (Å²) in [6.45, 7) is 4.67. The smallest absolute Gasteiger partial charge is 0.351 e. The minimum Gasteiger partial charge on any atom is -0.485 e. The maximum Gasteiger partial charge on any atom is 0.351 e. The van der Waals surface area contributed by atoms with Gasteiger partial charge in [-0.1, -0.05) is 12.1 Å². The van der Waals surface area contributed by atoms with Crippen LogP contribution in [0.25, 0.3) is 0 Å². The van der Waals surface area contributed by atoms with Crippen LogP contribution in [-0.2, 0) is 14.3 Å². The lowest BCUT2D eigenvalue weighted by molar-refractivity contribution is -0.153. The Morgan fingerprint density at radius 1 is 1.07 bits per heavy atom. The number of aryl methyl sites for hydroxylation is 2. The first kappa shape index (κ1) is 19.5. The summed E-state index contributed by atoms with van der Waals surface area (Å²) in [5.74, 6) is -0.843. The van der Waals surface area contributed by atoms with Crippen LogP contribution >= 0.6 is 0 Å². The summed E-state index contributed by atoms with van der Waals surface area (Å²) in [6.07, 6.45) is -0.971. The minimum absolute atomic E-state index is 0.0135. The number of rotatable bonds is 6. The van der Waals surface area contributed by atoms with Crippen molar-refractivity contribution in [3.63, 3.8) is 0 Å². The molecule has 148 valence electrons. The van der Waals surface area contributed by atoms with E-state index in [1.54, 1.807) is 45.0 Å². The maximum atomic E-state index is 12.6. The fraction of sp³-hybridized carbons (Fsp3) is 0.350. The molecule has 0 amide bonds. The van der Waals surface area contributed by atoms with Crippen LogP contribution in [0.15, 0.2) is 24.3 Å². The topological polar surface area (TPSA) is 104 Å². The molecule has 2 heterocycles. The van der Waals surface area contributed by atoms with Crippen LogP contribution in [0.1, 0.15) is 39.0 Å². The summed E-state index contributed by atoms with van der Waals surface area (Å²) in [5, 5.41) is 0. The summed E-state index contributed by atoms with van der Waals surface area (Å²) in [6, 6.07) is 6.96. The van der Waals surface area contributed by atoms with E-state index in [0.29, 0.717) is 22.9 Å². The largest absolute Gasteiger partial charge is 0.485 e. The highest BCUT2D eigenvalue weighted by Gasteiger charge is 2.31. The molecule has 28 heavy (non-hydrogen) atoms. The predicted octanol–water partition coefficient (Wildman–Crippen LogP) is 2.37. The van der Waals surface area contributed by atoms with Gasteiger partial charge in [0.15, 0.2) is 18.1 Å². The van der Waals surface area contributed by atoms with Crippen molar-refractivity contribution in [2.45, 2.75) is 26.9 Å². The van der Waals surface area contributed by atoms with Gasteiger partial charge < -0.3 is 23.9 Å². The number of aromatic nitrogens is 1. The van der Waals surface area contributed by atoms with E-state index < -0.39 is 30.4 Å². The van der Waals surface area contributed by atoms with Crippen molar-refractivity contribution >= 4 is 17.7 Å². The van der Waals surface area contributed by atoms with Gasteiger partial charge in [-0.2, -0.15) is 0 Å². The molecule has 0 spiro atoms. The number of carbonyl (C=O) groups excluding carboxylic acids is 3. The van der Waals surface area contributed by atoms with Gasteiger partial charge in [0.2, 0.25) is 11.9 Å². The van der Waals surface area contributed by atoms with Gasteiger partial charge in [-0.15, -0.1) is 0 Å². The fourth-order valence-electron chi connectivity index (χ4n) is 3.03. The number of hydrogen-bond donors (Lipinski definition) is 1. The number of nitrogens with one attached hydrogen (secondary N) is 1. The Kier molecular flexibility index (Phi) is 5.67. The first-order chi connectivity index (χ1) is 13.4. The van der Waals surface area contributed by atoms with Gasteiger partial charge in [0.1, 0.15) is 6.61 Å². The molecule has 1 aliphatic heterocycles. The summed E-state index contributed by atoms with van der Waals surface area (Å²) in [4.78, 5) is 40.0. The molecular formula is C20H21NO7. The third kappa shape index (κ3) is 3.85. The Morgan fingerprint density at radius 2 is 1.75 bits per heavy atom. The van der Waals surface area contributed by atoms with E-state index >= 15 is 0 Å². The Morgan fingerprint density at radius 3 is 2.46 bits per heavy atom. The third-order valence-electron chi connectivity index (χ3n) is 4.25. The number of H-pyrrole nitrogens is 1. The van der Waals surface area contributed by atoms with Gasteiger partial charge in [0.05, 0.1) is 17.7 Å². The normalized spacial score (nSPS) is 15.0. The number of para-hydroxylation sites is 2. The zero-order valence-electron chi connectivity index (χ0n) is 15.9. The first-order valence-electron chi connectivity index (χ1n) is 8.87. The third-order valence-corrected chi connectivity index (χ3v) is 4.25. The first-order valence-corrected chi connectivity index (χ1v) is 8.87. The van der Waals surface area contributed by atoms with Crippen LogP contribution in [0.2, 0.25) is 0 Å². The zero-order valence-corrected chi connectivity index (χ0v) is 15.9. The Balaban J connectivity index is 1.66. The molecule has 1 aromatic carbocycles. The molecule has 0 bridgehead atoms. The molecule has 1 aromatic heterocycles. The average Bonchev–Trinajstić information content (AvgIpc) is 2.99. The SMILES string of the molecule is CCOC(=O)c1c(C)[nH]c(C)c1C(=O)COC(=O)[C@H]1COc2ccccc2O1. The number of fused-ring (bicyclic) bond motifs is 1. The molecular weight excluding hydrogens is 366 g/mol. The highest BCUT2D eigenvalue weighted by atomic mass is 16.6. The molecule has 0 unspecified atom stereocenters. The second-order valence-electron chi connectivity index (χ2n) is 6.24. The molecule has 0 radical (unpaired) electrons. The lowest BCUT2D eigenvalue weighted by Crippen LogP contribution is -2.38. The summed E-state index contributed by atoms with van der Waals surface area (Å²) >= 11 is 0. The van der Waals surface area contributed by atoms with Crippen molar-refractivity contribution in [3.8, 4) is 11.5 Å². The number of Topliss-reactive ketones (excluding diaryl/α,β-unsaturated/α-hetero) is 1. The molecule has 8 nitrogen and oxygen atoms in total. The second-order valence-corrected chi connectivity index (χ2v) is 6.24. The summed E-state index contributed by atoms with van der Waals surface area (Å²) < 4.78 is 21.2. The van der Waals surface area contributed by atoms with E-state index in [-0.39, 0.29) is 24.3 Å². The highest BCUT2D eigenvalue weighted by Crippen LogP contribution is 2.31. The van der Waals surface area contributed by atoms with Gasteiger partial charge in [-0.05, 0) is 32.9 Å². The van der Waals surface area contributed by atoms with Crippen LogP contribution < -0.4 is 9.47 Å². The van der Waals surface area contributed by atoms with Gasteiger partial charge >= 0.3 is 11.9 Å². The summed E-state index contributed by atoms with van der Waals surface area (Å²) in [7, 11) is 0. The van der Waals surface area contributed by atoms with Gasteiger partial charge in [-0.25, -0.2) is 9.59 Å². The van der Waals surface area contributed by atoms with Crippen molar-refractivity contribution in [1.82, 2.24) is 4.98 Å². The van der Waals surface area contributed by atoms with Crippen LogP contribution in [0.5, 0.6) is 11.5 Å².